The normalized spacial score (nSPS) is 14.3. The number of hydrogen-bond donors (Lipinski definition) is 1. The first-order chi connectivity index (χ1) is 11.3. The van der Waals surface area contributed by atoms with Crippen LogP contribution < -0.4 is 10.5 Å². The van der Waals surface area contributed by atoms with E-state index in [1.807, 2.05) is 30.3 Å². The fourth-order valence-corrected chi connectivity index (χ4v) is 2.89. The minimum Gasteiger partial charge on any atom is -0.339 e. The Bertz CT molecular complexity index is 879. The smallest absolute Gasteiger partial charge is 0.263 e. The highest BCUT2D eigenvalue weighted by molar-refractivity contribution is 5.76. The molecule has 0 bridgehead atoms. The summed E-state index contributed by atoms with van der Waals surface area (Å²) in [5.41, 5.74) is 1.38. The molecule has 0 aliphatic heterocycles. The molecule has 0 amide bonds. The van der Waals surface area contributed by atoms with Gasteiger partial charge in [0.05, 0.1) is 11.9 Å². The molecule has 1 aromatic carbocycles. The van der Waals surface area contributed by atoms with E-state index in [0.717, 1.165) is 18.7 Å². The Hall–Kier alpha value is -2.63. The monoisotopic (exact) mass is 309 g/mol. The van der Waals surface area contributed by atoms with Crippen LogP contribution in [0.15, 0.2) is 41.3 Å². The van der Waals surface area contributed by atoms with Crippen LogP contribution in [-0.4, -0.2) is 32.3 Å². The summed E-state index contributed by atoms with van der Waals surface area (Å²) in [5.74, 6) is 0.657. The zero-order valence-electron chi connectivity index (χ0n) is 13.1. The first-order valence-corrected chi connectivity index (χ1v) is 8.08. The molecular formula is C17H19N5O. The van der Waals surface area contributed by atoms with Gasteiger partial charge in [-0.1, -0.05) is 25.1 Å². The van der Waals surface area contributed by atoms with Crippen molar-refractivity contribution < 1.29 is 0 Å². The number of nitrogens with zero attached hydrogens (tertiary/aromatic N) is 4. The summed E-state index contributed by atoms with van der Waals surface area (Å²) in [7, 11) is 0. The summed E-state index contributed by atoms with van der Waals surface area (Å²) in [6, 6.07) is 10.3. The molecular weight excluding hydrogens is 290 g/mol. The van der Waals surface area contributed by atoms with Crippen LogP contribution in [-0.2, 0) is 0 Å². The van der Waals surface area contributed by atoms with Crippen molar-refractivity contribution in [3.05, 3.63) is 46.9 Å². The topological polar surface area (TPSA) is 66.8 Å². The second-order valence-corrected chi connectivity index (χ2v) is 5.94. The molecule has 1 aliphatic carbocycles. The van der Waals surface area contributed by atoms with Crippen molar-refractivity contribution in [2.45, 2.75) is 32.2 Å². The highest BCUT2D eigenvalue weighted by atomic mass is 16.1. The van der Waals surface area contributed by atoms with Crippen molar-refractivity contribution in [1.29, 1.82) is 0 Å². The fourth-order valence-electron chi connectivity index (χ4n) is 2.89. The lowest BCUT2D eigenvalue weighted by molar-refractivity contribution is 0.734. The maximum Gasteiger partial charge on any atom is 0.263 e. The zero-order chi connectivity index (χ0) is 15.8. The van der Waals surface area contributed by atoms with Crippen molar-refractivity contribution in [3.8, 4) is 5.69 Å². The van der Waals surface area contributed by atoms with Crippen LogP contribution in [0.5, 0.6) is 0 Å². The molecule has 0 spiro atoms. The Morgan fingerprint density at radius 2 is 2.09 bits per heavy atom. The predicted octanol–water partition coefficient (Wildman–Crippen LogP) is 2.49. The molecule has 1 aliphatic rings. The van der Waals surface area contributed by atoms with Gasteiger partial charge in [0.15, 0.2) is 5.65 Å². The lowest BCUT2D eigenvalue weighted by Crippen LogP contribution is -2.30. The van der Waals surface area contributed by atoms with Gasteiger partial charge in [0.1, 0.15) is 5.39 Å². The van der Waals surface area contributed by atoms with E-state index in [0.29, 0.717) is 23.0 Å². The lowest BCUT2D eigenvalue weighted by Gasteiger charge is -2.22. The number of benzene rings is 1. The predicted molar refractivity (Wildman–Crippen MR) is 90.1 cm³/mol. The number of fused-ring (bicyclic) bond motifs is 1. The molecule has 4 rings (SSSR count). The van der Waals surface area contributed by atoms with Gasteiger partial charge in [-0.05, 0) is 31.4 Å². The van der Waals surface area contributed by atoms with Crippen LogP contribution in [0.1, 0.15) is 26.2 Å². The van der Waals surface area contributed by atoms with Gasteiger partial charge in [0, 0.05) is 12.6 Å². The molecule has 2 aromatic heterocycles. The van der Waals surface area contributed by atoms with Crippen molar-refractivity contribution in [2.24, 2.45) is 0 Å². The summed E-state index contributed by atoms with van der Waals surface area (Å²) in [5, 5.41) is 4.87. The van der Waals surface area contributed by atoms with Gasteiger partial charge in [0.2, 0.25) is 5.95 Å². The molecule has 1 saturated carbocycles. The Morgan fingerprint density at radius 1 is 1.30 bits per heavy atom. The summed E-state index contributed by atoms with van der Waals surface area (Å²) < 4.78 is 1.73. The average molecular weight is 309 g/mol. The van der Waals surface area contributed by atoms with Gasteiger partial charge in [-0.2, -0.15) is 10.1 Å². The first-order valence-electron chi connectivity index (χ1n) is 8.08. The standard InChI is InChI=1S/C17H19N5O/c1-2-10-21(12-8-9-12)17-19-15-14(16(23)20-17)11-18-22(15)13-6-4-3-5-7-13/h3-7,11-12H,2,8-10H2,1H3,(H,19,20,23). The summed E-state index contributed by atoms with van der Waals surface area (Å²) in [6.07, 6.45) is 4.94. The minimum atomic E-state index is -0.131. The molecule has 3 aromatic rings. The molecule has 1 N–H and O–H groups in total. The third kappa shape index (κ3) is 2.50. The van der Waals surface area contributed by atoms with Crippen molar-refractivity contribution in [3.63, 3.8) is 0 Å². The van der Waals surface area contributed by atoms with E-state index in [1.54, 1.807) is 10.9 Å². The van der Waals surface area contributed by atoms with Crippen molar-refractivity contribution in [2.75, 3.05) is 11.4 Å². The quantitative estimate of drug-likeness (QED) is 0.786. The van der Waals surface area contributed by atoms with E-state index < -0.39 is 0 Å². The number of aromatic nitrogens is 4. The summed E-state index contributed by atoms with van der Waals surface area (Å²) in [4.78, 5) is 22.3. The van der Waals surface area contributed by atoms with Crippen LogP contribution >= 0.6 is 0 Å². The lowest BCUT2D eigenvalue weighted by atomic mass is 10.3. The largest absolute Gasteiger partial charge is 0.339 e. The van der Waals surface area contributed by atoms with Crippen molar-refractivity contribution >= 4 is 17.0 Å². The molecule has 6 heteroatoms. The molecule has 6 nitrogen and oxygen atoms in total. The van der Waals surface area contributed by atoms with E-state index in [4.69, 9.17) is 4.98 Å². The van der Waals surface area contributed by atoms with Crippen LogP contribution in [0.4, 0.5) is 5.95 Å². The minimum absolute atomic E-state index is 0.131. The number of nitrogens with one attached hydrogen (secondary N) is 1. The van der Waals surface area contributed by atoms with Crippen LogP contribution in [0, 0.1) is 0 Å². The first kappa shape index (κ1) is 14.0. The second-order valence-electron chi connectivity index (χ2n) is 5.94. The SMILES string of the molecule is CCCN(c1nc2c(cnn2-c2ccccc2)c(=O)[nH]1)C1CC1. The number of anilines is 1. The highest BCUT2D eigenvalue weighted by Gasteiger charge is 2.30. The maximum absolute atomic E-state index is 12.4. The van der Waals surface area contributed by atoms with E-state index in [-0.39, 0.29) is 5.56 Å². The summed E-state index contributed by atoms with van der Waals surface area (Å²) in [6.45, 7) is 3.04. The Morgan fingerprint density at radius 3 is 2.78 bits per heavy atom. The number of hydrogen-bond acceptors (Lipinski definition) is 4. The fraction of sp³-hybridized carbons (Fsp3) is 0.353. The number of H-pyrrole nitrogens is 1. The third-order valence-corrected chi connectivity index (χ3v) is 4.15. The molecule has 23 heavy (non-hydrogen) atoms. The number of rotatable bonds is 5. The highest BCUT2D eigenvalue weighted by Crippen LogP contribution is 2.30. The molecule has 0 radical (unpaired) electrons. The maximum atomic E-state index is 12.4. The molecule has 0 atom stereocenters. The van der Waals surface area contributed by atoms with E-state index in [1.165, 1.54) is 12.8 Å². The van der Waals surface area contributed by atoms with Gasteiger partial charge in [-0.3, -0.25) is 9.78 Å². The van der Waals surface area contributed by atoms with Crippen molar-refractivity contribution in [1.82, 2.24) is 19.7 Å². The van der Waals surface area contributed by atoms with Gasteiger partial charge in [-0.15, -0.1) is 0 Å². The van der Waals surface area contributed by atoms with Gasteiger partial charge in [-0.25, -0.2) is 4.68 Å². The molecule has 118 valence electrons. The van der Waals surface area contributed by atoms with E-state index in [2.05, 4.69) is 21.9 Å². The molecule has 0 saturated heterocycles. The van der Waals surface area contributed by atoms with Crippen LogP contribution in [0.25, 0.3) is 16.7 Å². The Labute approximate surface area is 133 Å². The van der Waals surface area contributed by atoms with Gasteiger partial charge < -0.3 is 4.90 Å². The Kier molecular flexibility index (Phi) is 3.37. The van der Waals surface area contributed by atoms with Gasteiger partial charge in [0.25, 0.3) is 5.56 Å². The number of aromatic amines is 1. The van der Waals surface area contributed by atoms with E-state index >= 15 is 0 Å². The molecule has 1 fully saturated rings. The third-order valence-electron chi connectivity index (χ3n) is 4.15. The average Bonchev–Trinajstić information content (AvgIpc) is 3.32. The molecule has 2 heterocycles. The van der Waals surface area contributed by atoms with Gasteiger partial charge >= 0.3 is 0 Å². The zero-order valence-corrected chi connectivity index (χ0v) is 13.1. The molecule has 0 unspecified atom stereocenters. The van der Waals surface area contributed by atoms with Crippen LogP contribution in [0.2, 0.25) is 0 Å². The second kappa shape index (κ2) is 5.53. The number of para-hydroxylation sites is 1. The Balaban J connectivity index is 1.86. The van der Waals surface area contributed by atoms with Crippen LogP contribution in [0.3, 0.4) is 0 Å². The summed E-state index contributed by atoms with van der Waals surface area (Å²) >= 11 is 0. The van der Waals surface area contributed by atoms with E-state index in [9.17, 15) is 4.79 Å².